The normalized spacial score (nSPS) is 11.3. The molecule has 6 heteroatoms. The molecule has 152 valence electrons. The number of methoxy groups -OCH3 is 2. The summed E-state index contributed by atoms with van der Waals surface area (Å²) < 4.78 is 16.1. The third-order valence-corrected chi connectivity index (χ3v) is 4.79. The van der Waals surface area contributed by atoms with Crippen LogP contribution >= 0.6 is 0 Å². The first-order valence-electron chi connectivity index (χ1n) is 9.50. The summed E-state index contributed by atoms with van der Waals surface area (Å²) in [7, 11) is 3.21. The number of aromatic nitrogens is 2. The second-order valence-corrected chi connectivity index (χ2v) is 6.75. The van der Waals surface area contributed by atoms with Crippen LogP contribution in [0.15, 0.2) is 60.7 Å². The first-order chi connectivity index (χ1) is 14.7. The van der Waals surface area contributed by atoms with E-state index < -0.39 is 0 Å². The number of aromatic amines is 1. The van der Waals surface area contributed by atoms with Crippen molar-refractivity contribution >= 4 is 28.7 Å². The fraction of sp³-hybridized carbons (Fsp3) is 0.125. The van der Waals surface area contributed by atoms with E-state index in [2.05, 4.69) is 16.3 Å². The Morgan fingerprint density at radius 1 is 0.967 bits per heavy atom. The van der Waals surface area contributed by atoms with Crippen molar-refractivity contribution in [3.05, 3.63) is 71.9 Å². The minimum atomic E-state index is 0.160. The molecule has 0 amide bonds. The molecular formula is C24H23N3O3. The Morgan fingerprint density at radius 2 is 1.80 bits per heavy atom. The molecular weight excluding hydrogens is 378 g/mol. The summed E-state index contributed by atoms with van der Waals surface area (Å²) in [5.41, 5.74) is 11.4. The molecule has 4 rings (SSSR count). The second-order valence-electron chi connectivity index (χ2n) is 6.75. The molecule has 1 heterocycles. The van der Waals surface area contributed by atoms with Gasteiger partial charge in [-0.05, 0) is 53.1 Å². The molecule has 1 aromatic heterocycles. The number of nitrogens with zero attached hydrogens (tertiary/aromatic N) is 1. The van der Waals surface area contributed by atoms with Crippen LogP contribution in [-0.4, -0.2) is 31.2 Å². The fourth-order valence-electron chi connectivity index (χ4n) is 3.32. The third-order valence-electron chi connectivity index (χ3n) is 4.79. The molecule has 0 unspecified atom stereocenters. The lowest BCUT2D eigenvalue weighted by Crippen LogP contribution is -2.00. The molecule has 0 saturated heterocycles. The highest BCUT2D eigenvalue weighted by atomic mass is 16.7. The van der Waals surface area contributed by atoms with E-state index in [-0.39, 0.29) is 6.79 Å². The van der Waals surface area contributed by atoms with Gasteiger partial charge in [0.15, 0.2) is 18.3 Å². The quantitative estimate of drug-likeness (QED) is 0.337. The molecule has 0 atom stereocenters. The maximum atomic E-state index is 5.77. The minimum Gasteiger partial charge on any atom is -0.493 e. The molecule has 0 aliphatic carbocycles. The molecule has 0 radical (unpaired) electrons. The molecule has 4 aromatic rings. The summed E-state index contributed by atoms with van der Waals surface area (Å²) in [6.07, 6.45) is 4.02. The molecule has 3 N–H and O–H groups in total. The van der Waals surface area contributed by atoms with Gasteiger partial charge in [0.1, 0.15) is 0 Å². The van der Waals surface area contributed by atoms with Crippen LogP contribution < -0.4 is 15.2 Å². The highest BCUT2D eigenvalue weighted by Crippen LogP contribution is 2.36. The fourth-order valence-corrected chi connectivity index (χ4v) is 3.32. The SMILES string of the molecule is COCOc1ccc(-c2cccc3[nH]nc(C=Cc4ccc(N)cc4)c23)cc1OC. The van der Waals surface area contributed by atoms with E-state index in [9.17, 15) is 0 Å². The molecule has 0 aliphatic heterocycles. The van der Waals surface area contributed by atoms with Gasteiger partial charge in [0, 0.05) is 18.2 Å². The summed E-state index contributed by atoms with van der Waals surface area (Å²) in [5.74, 6) is 1.27. The van der Waals surface area contributed by atoms with Crippen LogP contribution in [0.25, 0.3) is 34.2 Å². The van der Waals surface area contributed by atoms with Crippen LogP contribution in [0.4, 0.5) is 5.69 Å². The van der Waals surface area contributed by atoms with Crippen molar-refractivity contribution in [3.8, 4) is 22.6 Å². The monoisotopic (exact) mass is 401 g/mol. The van der Waals surface area contributed by atoms with E-state index in [0.29, 0.717) is 11.5 Å². The number of nitrogens with one attached hydrogen (secondary N) is 1. The van der Waals surface area contributed by atoms with Crippen LogP contribution in [0.2, 0.25) is 0 Å². The van der Waals surface area contributed by atoms with E-state index in [1.54, 1.807) is 14.2 Å². The van der Waals surface area contributed by atoms with Crippen LogP contribution in [0.1, 0.15) is 11.3 Å². The summed E-state index contributed by atoms with van der Waals surface area (Å²) in [6.45, 7) is 0.160. The van der Waals surface area contributed by atoms with E-state index >= 15 is 0 Å². The minimum absolute atomic E-state index is 0.160. The topological polar surface area (TPSA) is 82.4 Å². The Balaban J connectivity index is 1.75. The average Bonchev–Trinajstić information content (AvgIpc) is 3.20. The summed E-state index contributed by atoms with van der Waals surface area (Å²) in [6, 6.07) is 19.7. The Hall–Kier alpha value is -3.77. The summed E-state index contributed by atoms with van der Waals surface area (Å²) >= 11 is 0. The van der Waals surface area contributed by atoms with Gasteiger partial charge >= 0.3 is 0 Å². The summed E-state index contributed by atoms with van der Waals surface area (Å²) in [4.78, 5) is 0. The van der Waals surface area contributed by atoms with Crippen LogP contribution in [0, 0.1) is 0 Å². The van der Waals surface area contributed by atoms with Crippen molar-refractivity contribution in [2.75, 3.05) is 26.7 Å². The largest absolute Gasteiger partial charge is 0.493 e. The number of ether oxygens (including phenoxy) is 3. The first-order valence-corrected chi connectivity index (χ1v) is 9.50. The van der Waals surface area contributed by atoms with Crippen LogP contribution in [-0.2, 0) is 4.74 Å². The molecule has 0 aliphatic rings. The van der Waals surface area contributed by atoms with Gasteiger partial charge in [0.2, 0.25) is 0 Å². The van der Waals surface area contributed by atoms with E-state index in [1.807, 2.05) is 66.7 Å². The molecule has 3 aromatic carbocycles. The zero-order valence-electron chi connectivity index (χ0n) is 16.9. The van der Waals surface area contributed by atoms with Crippen molar-refractivity contribution in [2.24, 2.45) is 0 Å². The number of H-pyrrole nitrogens is 1. The smallest absolute Gasteiger partial charge is 0.188 e. The predicted molar refractivity (Wildman–Crippen MR) is 120 cm³/mol. The zero-order valence-corrected chi connectivity index (χ0v) is 16.9. The lowest BCUT2D eigenvalue weighted by atomic mass is 9.99. The number of anilines is 1. The van der Waals surface area contributed by atoms with E-state index in [1.165, 1.54) is 0 Å². The third kappa shape index (κ3) is 3.99. The number of rotatable bonds is 7. The number of nitrogen functional groups attached to an aromatic ring is 1. The number of nitrogens with two attached hydrogens (primary N) is 1. The average molecular weight is 401 g/mol. The van der Waals surface area contributed by atoms with Gasteiger partial charge in [0.05, 0.1) is 18.3 Å². The van der Waals surface area contributed by atoms with Gasteiger partial charge in [-0.15, -0.1) is 0 Å². The predicted octanol–water partition coefficient (Wildman–Crippen LogP) is 4.97. The van der Waals surface area contributed by atoms with E-state index in [4.69, 9.17) is 19.9 Å². The van der Waals surface area contributed by atoms with Crippen molar-refractivity contribution < 1.29 is 14.2 Å². The van der Waals surface area contributed by atoms with Gasteiger partial charge < -0.3 is 19.9 Å². The standard InChI is InChI=1S/C24H23N3O3/c1-28-15-30-22-13-9-17(14-23(22)29-2)19-4-3-5-20-24(19)21(27-26-20)12-8-16-6-10-18(25)11-7-16/h3-14H,15,25H2,1-2H3,(H,26,27). The molecule has 6 nitrogen and oxygen atoms in total. The van der Waals surface area contributed by atoms with Gasteiger partial charge in [0.25, 0.3) is 0 Å². The maximum Gasteiger partial charge on any atom is 0.188 e. The Morgan fingerprint density at radius 3 is 2.57 bits per heavy atom. The zero-order chi connectivity index (χ0) is 20.9. The molecule has 0 bridgehead atoms. The highest BCUT2D eigenvalue weighted by molar-refractivity contribution is 6.01. The van der Waals surface area contributed by atoms with Crippen LogP contribution in [0.3, 0.4) is 0 Å². The first kappa shape index (κ1) is 19.5. The maximum absolute atomic E-state index is 5.77. The number of fused-ring (bicyclic) bond motifs is 1. The van der Waals surface area contributed by atoms with Crippen molar-refractivity contribution in [1.29, 1.82) is 0 Å². The van der Waals surface area contributed by atoms with Crippen LogP contribution in [0.5, 0.6) is 11.5 Å². The Labute approximate surface area is 174 Å². The lowest BCUT2D eigenvalue weighted by molar-refractivity contribution is 0.0492. The Kier molecular flexibility index (Phi) is 5.68. The molecule has 0 saturated carbocycles. The van der Waals surface area contributed by atoms with Crippen molar-refractivity contribution in [2.45, 2.75) is 0 Å². The summed E-state index contributed by atoms with van der Waals surface area (Å²) in [5, 5.41) is 8.66. The molecule has 0 spiro atoms. The number of benzene rings is 3. The second kappa shape index (κ2) is 8.71. The van der Waals surface area contributed by atoms with Gasteiger partial charge in [-0.1, -0.05) is 36.4 Å². The number of hydrogen-bond donors (Lipinski definition) is 2. The lowest BCUT2D eigenvalue weighted by Gasteiger charge is -2.12. The molecule has 30 heavy (non-hydrogen) atoms. The number of hydrogen-bond acceptors (Lipinski definition) is 5. The van der Waals surface area contributed by atoms with Gasteiger partial charge in [-0.25, -0.2) is 0 Å². The van der Waals surface area contributed by atoms with Crippen molar-refractivity contribution in [1.82, 2.24) is 10.2 Å². The van der Waals surface area contributed by atoms with Gasteiger partial charge in [-0.3, -0.25) is 5.10 Å². The highest BCUT2D eigenvalue weighted by Gasteiger charge is 2.13. The van der Waals surface area contributed by atoms with E-state index in [0.717, 1.165) is 39.0 Å². The van der Waals surface area contributed by atoms with Crippen molar-refractivity contribution in [3.63, 3.8) is 0 Å². The Bertz CT molecular complexity index is 1180. The van der Waals surface area contributed by atoms with Gasteiger partial charge in [-0.2, -0.15) is 5.10 Å². The molecule has 0 fully saturated rings.